The Labute approximate surface area is 132 Å². The van der Waals surface area contributed by atoms with Gasteiger partial charge in [0.15, 0.2) is 11.0 Å². The summed E-state index contributed by atoms with van der Waals surface area (Å²) in [4.78, 5) is 9.03. The minimum Gasteiger partial charge on any atom is -0.553 e. The molecule has 0 fully saturated rings. The van der Waals surface area contributed by atoms with E-state index in [2.05, 4.69) is 86.0 Å². The van der Waals surface area contributed by atoms with E-state index in [1.165, 1.54) is 11.0 Å². The number of nitrogens with zero attached hydrogens (tertiary/aromatic N) is 2. The highest BCUT2D eigenvalue weighted by atomic mass is 16.6. The molecule has 0 atom stereocenters. The van der Waals surface area contributed by atoms with Crippen LogP contribution in [0.15, 0.2) is 30.6 Å². The standard InChI is InChI=1S/C15H23N2.C2H4O3/c1-14(2,3)16-11-17(15(4,5)6)13-10-8-7-9-12(13)16;1-5-2(3)4/h7-11H,1-6H3;1H3,(H,3,4)/q+1;/p-1. The lowest BCUT2D eigenvalue weighted by Crippen LogP contribution is -2.49. The third-order valence-electron chi connectivity index (χ3n) is 3.24. The van der Waals surface area contributed by atoms with Crippen LogP contribution in [0.4, 0.5) is 4.79 Å². The molecular weight excluding hydrogens is 280 g/mol. The van der Waals surface area contributed by atoms with E-state index in [9.17, 15) is 0 Å². The van der Waals surface area contributed by atoms with E-state index >= 15 is 0 Å². The average Bonchev–Trinajstić information content (AvgIpc) is 2.78. The van der Waals surface area contributed by atoms with E-state index < -0.39 is 6.16 Å². The molecule has 0 bridgehead atoms. The molecule has 22 heavy (non-hydrogen) atoms. The fraction of sp³-hybridized carbons (Fsp3) is 0.529. The molecule has 122 valence electrons. The Morgan fingerprint density at radius 3 is 2.05 bits per heavy atom. The number of ether oxygens (including phenoxy) is 1. The second kappa shape index (κ2) is 6.38. The molecule has 1 aromatic carbocycles. The number of imidazole rings is 1. The highest BCUT2D eigenvalue weighted by molar-refractivity contribution is 5.72. The lowest BCUT2D eigenvalue weighted by molar-refractivity contribution is -0.731. The van der Waals surface area contributed by atoms with Crippen LogP contribution in [0.2, 0.25) is 0 Å². The van der Waals surface area contributed by atoms with E-state index in [4.69, 9.17) is 9.90 Å². The van der Waals surface area contributed by atoms with Gasteiger partial charge < -0.3 is 14.6 Å². The van der Waals surface area contributed by atoms with Crippen molar-refractivity contribution < 1.29 is 19.2 Å². The lowest BCUT2D eigenvalue weighted by atomic mass is 10.1. The number of para-hydroxylation sites is 2. The van der Waals surface area contributed by atoms with Crippen LogP contribution in [0.25, 0.3) is 11.0 Å². The maximum absolute atomic E-state index is 9.03. The minimum atomic E-state index is -1.50. The van der Waals surface area contributed by atoms with Gasteiger partial charge >= 0.3 is 0 Å². The van der Waals surface area contributed by atoms with Crippen molar-refractivity contribution in [3.63, 3.8) is 0 Å². The number of aromatic nitrogens is 2. The van der Waals surface area contributed by atoms with Crippen molar-refractivity contribution in [3.8, 4) is 0 Å². The van der Waals surface area contributed by atoms with Gasteiger partial charge in [0, 0.05) is 7.11 Å². The first-order valence-corrected chi connectivity index (χ1v) is 7.26. The first-order valence-electron chi connectivity index (χ1n) is 7.26. The van der Waals surface area contributed by atoms with Crippen LogP contribution < -0.4 is 9.67 Å². The Hall–Kier alpha value is -2.04. The molecule has 0 amide bonds. The summed E-state index contributed by atoms with van der Waals surface area (Å²) in [7, 11) is 1.04. The van der Waals surface area contributed by atoms with Crippen molar-refractivity contribution in [1.82, 2.24) is 4.57 Å². The first kappa shape index (κ1) is 18.0. The van der Waals surface area contributed by atoms with Crippen LogP contribution in [-0.4, -0.2) is 17.8 Å². The van der Waals surface area contributed by atoms with E-state index in [1.54, 1.807) is 0 Å². The second-order valence-corrected chi connectivity index (χ2v) is 7.14. The van der Waals surface area contributed by atoms with Gasteiger partial charge in [-0.2, -0.15) is 0 Å². The number of carbonyl (C=O) groups is 1. The third-order valence-corrected chi connectivity index (χ3v) is 3.24. The Bertz CT molecular complexity index is 598. The molecule has 0 spiro atoms. The number of hydrogen-bond donors (Lipinski definition) is 0. The number of methoxy groups -OCH3 is 1. The molecule has 5 nitrogen and oxygen atoms in total. The molecule has 0 aliphatic rings. The Balaban J connectivity index is 0.000000422. The molecule has 0 saturated heterocycles. The van der Waals surface area contributed by atoms with Crippen molar-refractivity contribution in [3.05, 3.63) is 30.6 Å². The van der Waals surface area contributed by atoms with Crippen molar-refractivity contribution in [2.45, 2.75) is 52.6 Å². The molecule has 0 N–H and O–H groups in total. The fourth-order valence-corrected chi connectivity index (χ4v) is 2.18. The normalized spacial score (nSPS) is 11.8. The SMILES string of the molecule is CC(C)(C)n1c[n+](C(C)(C)C)c2ccccc21.COC(=O)[O-]. The molecule has 2 aromatic rings. The molecule has 0 aliphatic heterocycles. The molecule has 0 aliphatic carbocycles. The molecule has 1 aromatic heterocycles. The van der Waals surface area contributed by atoms with Gasteiger partial charge in [-0.05, 0) is 53.7 Å². The van der Waals surface area contributed by atoms with E-state index in [0.29, 0.717) is 0 Å². The summed E-state index contributed by atoms with van der Waals surface area (Å²) >= 11 is 0. The minimum absolute atomic E-state index is 0.107. The number of rotatable bonds is 0. The second-order valence-electron chi connectivity index (χ2n) is 7.14. The van der Waals surface area contributed by atoms with Gasteiger partial charge in [0.1, 0.15) is 11.1 Å². The summed E-state index contributed by atoms with van der Waals surface area (Å²) in [6.07, 6.45) is 0.745. The van der Waals surface area contributed by atoms with Crippen LogP contribution in [-0.2, 0) is 15.8 Å². The van der Waals surface area contributed by atoms with Crippen molar-refractivity contribution in [2.75, 3.05) is 7.11 Å². The predicted octanol–water partition coefficient (Wildman–Crippen LogP) is 2.41. The van der Waals surface area contributed by atoms with Crippen molar-refractivity contribution in [1.29, 1.82) is 0 Å². The highest BCUT2D eigenvalue weighted by Crippen LogP contribution is 2.22. The number of carbonyl (C=O) groups excluding carboxylic acids is 1. The Morgan fingerprint density at radius 2 is 1.64 bits per heavy atom. The number of hydrogen-bond acceptors (Lipinski definition) is 3. The quantitative estimate of drug-likeness (QED) is 0.555. The molecule has 0 radical (unpaired) electrons. The van der Waals surface area contributed by atoms with Gasteiger partial charge in [-0.15, -0.1) is 0 Å². The summed E-state index contributed by atoms with van der Waals surface area (Å²) in [5, 5.41) is 9.03. The summed E-state index contributed by atoms with van der Waals surface area (Å²) in [6, 6.07) is 8.61. The van der Waals surface area contributed by atoms with Crippen LogP contribution in [0.1, 0.15) is 41.5 Å². The number of fused-ring (bicyclic) bond motifs is 1. The average molecular weight is 306 g/mol. The van der Waals surface area contributed by atoms with Gasteiger partial charge in [-0.1, -0.05) is 12.1 Å². The molecule has 1 heterocycles. The zero-order valence-corrected chi connectivity index (χ0v) is 14.5. The van der Waals surface area contributed by atoms with E-state index in [0.717, 1.165) is 7.11 Å². The number of benzene rings is 1. The van der Waals surface area contributed by atoms with Crippen molar-refractivity contribution >= 4 is 17.2 Å². The van der Waals surface area contributed by atoms with Gasteiger partial charge in [-0.3, -0.25) is 0 Å². The Kier molecular flexibility index (Phi) is 5.22. The van der Waals surface area contributed by atoms with Gasteiger partial charge in [0.2, 0.25) is 6.33 Å². The van der Waals surface area contributed by atoms with E-state index in [-0.39, 0.29) is 11.1 Å². The lowest BCUT2D eigenvalue weighted by Gasteiger charge is -2.16. The molecular formula is C17H26N2O3. The predicted molar refractivity (Wildman–Crippen MR) is 84.5 cm³/mol. The Morgan fingerprint density at radius 1 is 1.14 bits per heavy atom. The van der Waals surface area contributed by atoms with Crippen LogP contribution in [0.3, 0.4) is 0 Å². The molecule has 0 unspecified atom stereocenters. The summed E-state index contributed by atoms with van der Waals surface area (Å²) in [6.45, 7) is 13.5. The van der Waals surface area contributed by atoms with Crippen LogP contribution in [0, 0.1) is 0 Å². The van der Waals surface area contributed by atoms with Crippen molar-refractivity contribution in [2.24, 2.45) is 0 Å². The fourth-order valence-electron chi connectivity index (χ4n) is 2.18. The number of carboxylic acid groups (broad SMARTS) is 1. The summed E-state index contributed by atoms with van der Waals surface area (Å²) in [5.41, 5.74) is 2.82. The van der Waals surface area contributed by atoms with Gasteiger partial charge in [-0.25, -0.2) is 9.13 Å². The molecule has 2 rings (SSSR count). The van der Waals surface area contributed by atoms with Crippen LogP contribution >= 0.6 is 0 Å². The summed E-state index contributed by atoms with van der Waals surface area (Å²) < 4.78 is 8.27. The topological polar surface area (TPSA) is 58.2 Å². The molecule has 0 saturated carbocycles. The maximum Gasteiger partial charge on any atom is 0.251 e. The van der Waals surface area contributed by atoms with Gasteiger partial charge in [0.25, 0.3) is 6.16 Å². The maximum atomic E-state index is 9.03. The highest BCUT2D eigenvalue weighted by Gasteiger charge is 2.29. The van der Waals surface area contributed by atoms with Gasteiger partial charge in [0.05, 0.1) is 0 Å². The first-order chi connectivity index (χ1) is 9.98. The summed E-state index contributed by atoms with van der Waals surface area (Å²) in [5.74, 6) is 0. The van der Waals surface area contributed by atoms with E-state index in [1.807, 2.05) is 0 Å². The zero-order valence-electron chi connectivity index (χ0n) is 14.5. The largest absolute Gasteiger partial charge is 0.553 e. The monoisotopic (exact) mass is 306 g/mol. The zero-order chi connectivity index (χ0) is 17.1. The third kappa shape index (κ3) is 4.23. The van der Waals surface area contributed by atoms with Crippen LogP contribution in [0.5, 0.6) is 0 Å². The molecule has 5 heteroatoms. The smallest absolute Gasteiger partial charge is 0.251 e.